The Bertz CT molecular complexity index is 918. The van der Waals surface area contributed by atoms with Crippen LogP contribution >= 0.6 is 11.8 Å². The van der Waals surface area contributed by atoms with Crippen LogP contribution in [0, 0.1) is 0 Å². The smallest absolute Gasteiger partial charge is 0.135 e. The molecule has 0 aliphatic rings. The van der Waals surface area contributed by atoms with Gasteiger partial charge < -0.3 is 18.9 Å². The Morgan fingerprint density at radius 2 is 1.38 bits per heavy atom. The monoisotopic (exact) mass is 488 g/mol. The fourth-order valence-electron chi connectivity index (χ4n) is 4.33. The van der Waals surface area contributed by atoms with E-state index >= 15 is 0 Å². The first-order chi connectivity index (χ1) is 16.5. The molecule has 0 aromatic heterocycles. The lowest BCUT2D eigenvalue weighted by molar-refractivity contribution is 0.389. The van der Waals surface area contributed by atoms with Crippen molar-refractivity contribution in [3.05, 3.63) is 35.4 Å². The van der Waals surface area contributed by atoms with Crippen molar-refractivity contribution in [2.24, 2.45) is 0 Å². The summed E-state index contributed by atoms with van der Waals surface area (Å²) in [6.07, 6.45) is 12.5. The standard InChI is InChI=1S/C29H44O4S/c1-8-9-10-11-12-13-14-19-34-26(18-15-21(2)3)22-20-25(32-6)27-23(30-4)16-17-24(31-5)28(27)29(22)33-7/h15-17,20,26H,8-14,18-19H2,1-7H3. The van der Waals surface area contributed by atoms with Crippen molar-refractivity contribution in [3.8, 4) is 23.0 Å². The van der Waals surface area contributed by atoms with Crippen LogP contribution in [-0.2, 0) is 0 Å². The van der Waals surface area contributed by atoms with Gasteiger partial charge in [-0.3, -0.25) is 0 Å². The average molecular weight is 489 g/mol. The predicted octanol–water partition coefficient (Wildman–Crippen LogP) is 8.76. The van der Waals surface area contributed by atoms with Gasteiger partial charge in [-0.1, -0.05) is 57.1 Å². The highest BCUT2D eigenvalue weighted by Crippen LogP contribution is 2.50. The zero-order chi connectivity index (χ0) is 24.9. The van der Waals surface area contributed by atoms with Crippen LogP contribution < -0.4 is 18.9 Å². The number of methoxy groups -OCH3 is 4. The van der Waals surface area contributed by atoms with Crippen molar-refractivity contribution in [2.45, 2.75) is 77.4 Å². The van der Waals surface area contributed by atoms with E-state index in [1.807, 2.05) is 23.9 Å². The first-order valence-electron chi connectivity index (χ1n) is 12.6. The normalized spacial score (nSPS) is 11.9. The Balaban J connectivity index is 2.40. The number of thioether (sulfide) groups is 1. The fraction of sp³-hybridized carbons (Fsp3) is 0.586. The summed E-state index contributed by atoms with van der Waals surface area (Å²) in [5.41, 5.74) is 2.47. The molecule has 0 fully saturated rings. The Labute approximate surface area is 211 Å². The van der Waals surface area contributed by atoms with E-state index in [0.29, 0.717) is 0 Å². The van der Waals surface area contributed by atoms with E-state index in [-0.39, 0.29) is 5.25 Å². The van der Waals surface area contributed by atoms with Crippen LogP contribution in [-0.4, -0.2) is 34.2 Å². The van der Waals surface area contributed by atoms with Gasteiger partial charge in [-0.25, -0.2) is 0 Å². The topological polar surface area (TPSA) is 36.9 Å². The maximum atomic E-state index is 6.05. The number of hydrogen-bond donors (Lipinski definition) is 0. The van der Waals surface area contributed by atoms with Crippen molar-refractivity contribution in [2.75, 3.05) is 34.2 Å². The molecule has 0 aliphatic carbocycles. The number of hydrogen-bond acceptors (Lipinski definition) is 5. The van der Waals surface area contributed by atoms with Gasteiger partial charge >= 0.3 is 0 Å². The summed E-state index contributed by atoms with van der Waals surface area (Å²) in [6, 6.07) is 5.98. The summed E-state index contributed by atoms with van der Waals surface area (Å²) in [6.45, 7) is 6.58. The first-order valence-corrected chi connectivity index (χ1v) is 13.6. The fourth-order valence-corrected chi connectivity index (χ4v) is 5.57. The Morgan fingerprint density at radius 1 is 0.794 bits per heavy atom. The van der Waals surface area contributed by atoms with Gasteiger partial charge in [-0.05, 0) is 50.6 Å². The van der Waals surface area contributed by atoms with Gasteiger partial charge in [0.15, 0.2) is 0 Å². The van der Waals surface area contributed by atoms with Crippen molar-refractivity contribution in [1.82, 2.24) is 0 Å². The molecule has 0 saturated heterocycles. The van der Waals surface area contributed by atoms with Gasteiger partial charge in [0, 0.05) is 10.8 Å². The number of ether oxygens (including phenoxy) is 4. The molecule has 0 saturated carbocycles. The minimum atomic E-state index is 0.263. The van der Waals surface area contributed by atoms with E-state index in [1.54, 1.807) is 28.4 Å². The zero-order valence-corrected chi connectivity index (χ0v) is 23.1. The SMILES string of the molecule is CCCCCCCCCSC(CC=C(C)C)c1cc(OC)c2c(OC)ccc(OC)c2c1OC. The van der Waals surface area contributed by atoms with Crippen LogP contribution in [0.15, 0.2) is 29.8 Å². The third-order valence-corrected chi connectivity index (χ3v) is 7.54. The van der Waals surface area contributed by atoms with Gasteiger partial charge in [0.25, 0.3) is 0 Å². The van der Waals surface area contributed by atoms with Crippen LogP contribution in [0.2, 0.25) is 0 Å². The zero-order valence-electron chi connectivity index (χ0n) is 22.3. The molecule has 0 heterocycles. The van der Waals surface area contributed by atoms with Crippen molar-refractivity contribution >= 4 is 22.5 Å². The summed E-state index contributed by atoms with van der Waals surface area (Å²) in [5.74, 6) is 4.25. The molecular weight excluding hydrogens is 444 g/mol. The van der Waals surface area contributed by atoms with Crippen molar-refractivity contribution < 1.29 is 18.9 Å². The minimum Gasteiger partial charge on any atom is -0.496 e. The summed E-state index contributed by atoms with van der Waals surface area (Å²) in [5, 5.41) is 2.04. The Hall–Kier alpha value is -2.01. The molecule has 34 heavy (non-hydrogen) atoms. The van der Waals surface area contributed by atoms with Crippen LogP contribution in [0.25, 0.3) is 10.8 Å². The number of unbranched alkanes of at least 4 members (excludes halogenated alkanes) is 6. The molecule has 0 spiro atoms. The largest absolute Gasteiger partial charge is 0.496 e. The van der Waals surface area contributed by atoms with Crippen LogP contribution in [0.4, 0.5) is 0 Å². The second-order valence-electron chi connectivity index (χ2n) is 8.92. The molecule has 2 rings (SSSR count). The number of fused-ring (bicyclic) bond motifs is 1. The maximum absolute atomic E-state index is 6.05. The quantitative estimate of drug-likeness (QED) is 0.174. The van der Waals surface area contributed by atoms with Crippen LogP contribution in [0.5, 0.6) is 23.0 Å². The number of rotatable bonds is 16. The molecule has 190 valence electrons. The molecular formula is C29H44O4S. The molecule has 0 N–H and O–H groups in total. The Kier molecular flexibility index (Phi) is 12.5. The van der Waals surface area contributed by atoms with Gasteiger partial charge in [0.05, 0.1) is 39.2 Å². The lowest BCUT2D eigenvalue weighted by Crippen LogP contribution is -2.03. The molecule has 5 heteroatoms. The summed E-state index contributed by atoms with van der Waals surface area (Å²) < 4.78 is 23.3. The predicted molar refractivity (Wildman–Crippen MR) is 147 cm³/mol. The third kappa shape index (κ3) is 7.49. The lowest BCUT2D eigenvalue weighted by Gasteiger charge is -2.23. The van der Waals surface area contributed by atoms with Crippen LogP contribution in [0.1, 0.15) is 83.0 Å². The number of allylic oxidation sites excluding steroid dienone is 2. The molecule has 1 unspecified atom stereocenters. The molecule has 0 aliphatic heterocycles. The van der Waals surface area contributed by atoms with E-state index in [0.717, 1.165) is 51.5 Å². The molecule has 0 radical (unpaired) electrons. The lowest BCUT2D eigenvalue weighted by atomic mass is 9.98. The first kappa shape index (κ1) is 28.2. The molecule has 2 aromatic carbocycles. The minimum absolute atomic E-state index is 0.263. The van der Waals surface area contributed by atoms with E-state index in [9.17, 15) is 0 Å². The number of benzene rings is 2. The highest BCUT2D eigenvalue weighted by atomic mass is 32.2. The van der Waals surface area contributed by atoms with Gasteiger partial charge in [-0.15, -0.1) is 0 Å². The second kappa shape index (κ2) is 15.1. The second-order valence-corrected chi connectivity index (χ2v) is 10.2. The summed E-state index contributed by atoms with van der Waals surface area (Å²) in [4.78, 5) is 0. The van der Waals surface area contributed by atoms with E-state index in [1.165, 1.54) is 50.5 Å². The molecule has 0 amide bonds. The van der Waals surface area contributed by atoms with E-state index in [2.05, 4.69) is 32.9 Å². The summed E-state index contributed by atoms with van der Waals surface area (Å²) >= 11 is 2.01. The molecule has 0 bridgehead atoms. The molecule has 4 nitrogen and oxygen atoms in total. The third-order valence-electron chi connectivity index (χ3n) is 6.17. The molecule has 1 atom stereocenters. The average Bonchev–Trinajstić information content (AvgIpc) is 2.85. The van der Waals surface area contributed by atoms with E-state index in [4.69, 9.17) is 18.9 Å². The van der Waals surface area contributed by atoms with Crippen molar-refractivity contribution in [3.63, 3.8) is 0 Å². The van der Waals surface area contributed by atoms with Gasteiger partial charge in [0.1, 0.15) is 23.0 Å². The maximum Gasteiger partial charge on any atom is 0.135 e. The van der Waals surface area contributed by atoms with Crippen LogP contribution in [0.3, 0.4) is 0 Å². The van der Waals surface area contributed by atoms with E-state index < -0.39 is 0 Å². The van der Waals surface area contributed by atoms with Gasteiger partial charge in [-0.2, -0.15) is 11.8 Å². The molecule has 2 aromatic rings. The highest BCUT2D eigenvalue weighted by molar-refractivity contribution is 7.99. The Morgan fingerprint density at radius 3 is 1.94 bits per heavy atom. The summed E-state index contributed by atoms with van der Waals surface area (Å²) in [7, 11) is 6.82. The van der Waals surface area contributed by atoms with Crippen molar-refractivity contribution in [1.29, 1.82) is 0 Å². The van der Waals surface area contributed by atoms with Gasteiger partial charge in [0.2, 0.25) is 0 Å². The highest BCUT2D eigenvalue weighted by Gasteiger charge is 2.25.